The average molecular weight is 366 g/mol. The van der Waals surface area contributed by atoms with Gasteiger partial charge in [0.05, 0.1) is 0 Å². The van der Waals surface area contributed by atoms with Crippen LogP contribution in [0, 0.1) is 0 Å². The van der Waals surface area contributed by atoms with E-state index in [-0.39, 0.29) is 18.2 Å². The van der Waals surface area contributed by atoms with Gasteiger partial charge in [0.2, 0.25) is 5.78 Å². The Bertz CT molecular complexity index is 867. The maximum Gasteiger partial charge on any atom is 0.344 e. The topological polar surface area (TPSA) is 69.7 Å². The van der Waals surface area contributed by atoms with Crippen molar-refractivity contribution in [2.45, 2.75) is 39.2 Å². The summed E-state index contributed by atoms with van der Waals surface area (Å²) < 4.78 is 10.6. The molecule has 5 heteroatoms. The highest BCUT2D eigenvalue weighted by molar-refractivity contribution is 6.00. The molecule has 5 nitrogen and oxygen atoms in total. The minimum absolute atomic E-state index is 0.0418. The van der Waals surface area contributed by atoms with Crippen LogP contribution < -0.4 is 4.74 Å². The van der Waals surface area contributed by atoms with E-state index in [0.29, 0.717) is 16.9 Å². The van der Waals surface area contributed by atoms with E-state index in [0.717, 1.165) is 19.3 Å². The van der Waals surface area contributed by atoms with Gasteiger partial charge in [-0.05, 0) is 74.6 Å². The highest BCUT2D eigenvalue weighted by Crippen LogP contribution is 2.23. The van der Waals surface area contributed by atoms with Crippen LogP contribution >= 0.6 is 0 Å². The van der Waals surface area contributed by atoms with Gasteiger partial charge >= 0.3 is 5.97 Å². The Hall–Kier alpha value is -2.95. The van der Waals surface area contributed by atoms with Crippen LogP contribution in [0.15, 0.2) is 42.5 Å². The number of aryl methyl sites for hydroxylation is 2. The van der Waals surface area contributed by atoms with Gasteiger partial charge in [-0.15, -0.1) is 0 Å². The van der Waals surface area contributed by atoms with Crippen LogP contribution in [-0.4, -0.2) is 30.2 Å². The number of benzene rings is 2. The van der Waals surface area contributed by atoms with Crippen molar-refractivity contribution in [2.24, 2.45) is 0 Å². The molecule has 2 aromatic carbocycles. The zero-order valence-electron chi connectivity index (χ0n) is 15.5. The van der Waals surface area contributed by atoms with Crippen LogP contribution in [0.1, 0.15) is 52.1 Å². The zero-order valence-corrected chi connectivity index (χ0v) is 15.5. The molecule has 0 N–H and O–H groups in total. The number of Topliss-reactive ketones (excluding diaryl/α,β-unsaturated/α-hetero) is 2. The number of hydrogen-bond acceptors (Lipinski definition) is 5. The van der Waals surface area contributed by atoms with E-state index in [1.165, 1.54) is 18.1 Å². The molecule has 1 aliphatic carbocycles. The van der Waals surface area contributed by atoms with Crippen LogP contribution in [-0.2, 0) is 22.4 Å². The Morgan fingerprint density at radius 3 is 2.33 bits per heavy atom. The van der Waals surface area contributed by atoms with Crippen molar-refractivity contribution in [1.82, 2.24) is 0 Å². The summed E-state index contributed by atoms with van der Waals surface area (Å²) in [4.78, 5) is 35.7. The van der Waals surface area contributed by atoms with Gasteiger partial charge in [-0.1, -0.05) is 12.1 Å². The van der Waals surface area contributed by atoms with E-state index in [1.807, 2.05) is 12.1 Å². The average Bonchev–Trinajstić information content (AvgIpc) is 3.13. The molecule has 0 fully saturated rings. The quantitative estimate of drug-likeness (QED) is 0.553. The molecule has 2 aromatic rings. The van der Waals surface area contributed by atoms with Crippen LogP contribution in [0.2, 0.25) is 0 Å². The molecule has 27 heavy (non-hydrogen) atoms. The molecule has 0 saturated heterocycles. The van der Waals surface area contributed by atoms with E-state index in [9.17, 15) is 14.4 Å². The zero-order chi connectivity index (χ0) is 19.4. The molecule has 1 aliphatic rings. The first-order valence-corrected chi connectivity index (χ1v) is 9.03. The molecule has 0 aliphatic heterocycles. The van der Waals surface area contributed by atoms with Crippen LogP contribution in [0.4, 0.5) is 0 Å². The summed E-state index contributed by atoms with van der Waals surface area (Å²) in [6.07, 6.45) is 2.28. The van der Waals surface area contributed by atoms with Gasteiger partial charge in [-0.25, -0.2) is 4.79 Å². The molecule has 0 spiro atoms. The maximum absolute atomic E-state index is 12.5. The second-order valence-corrected chi connectivity index (χ2v) is 6.70. The summed E-state index contributed by atoms with van der Waals surface area (Å²) in [5.74, 6) is -0.425. The fourth-order valence-electron chi connectivity index (χ4n) is 3.17. The van der Waals surface area contributed by atoms with E-state index in [2.05, 4.69) is 0 Å². The number of hydrogen-bond donors (Lipinski definition) is 0. The third-order valence-electron chi connectivity index (χ3n) is 4.68. The third-order valence-corrected chi connectivity index (χ3v) is 4.68. The molecule has 0 bridgehead atoms. The number of ketones is 2. The molecule has 0 unspecified atom stereocenters. The molecule has 0 heterocycles. The fourth-order valence-corrected chi connectivity index (χ4v) is 3.17. The Morgan fingerprint density at radius 1 is 0.963 bits per heavy atom. The standard InChI is InChI=1S/C22H22O5/c1-14(23)16-8-10-20(11-9-16)26-13-21(24)27-15(2)22(25)19-7-6-17-4-3-5-18(17)12-19/h6-12,15H,3-5,13H2,1-2H3/t15-/m1/s1. The molecule has 0 saturated carbocycles. The lowest BCUT2D eigenvalue weighted by molar-refractivity contribution is -0.148. The lowest BCUT2D eigenvalue weighted by Gasteiger charge is -2.13. The number of ether oxygens (including phenoxy) is 2. The Balaban J connectivity index is 1.52. The second kappa shape index (κ2) is 8.16. The number of rotatable bonds is 7. The summed E-state index contributed by atoms with van der Waals surface area (Å²) >= 11 is 0. The first-order chi connectivity index (χ1) is 12.9. The summed E-state index contributed by atoms with van der Waals surface area (Å²) in [7, 11) is 0. The number of fused-ring (bicyclic) bond motifs is 1. The summed E-state index contributed by atoms with van der Waals surface area (Å²) in [5, 5.41) is 0. The highest BCUT2D eigenvalue weighted by atomic mass is 16.6. The van der Waals surface area contributed by atoms with E-state index in [1.54, 1.807) is 37.3 Å². The molecule has 0 amide bonds. The molecule has 140 valence electrons. The minimum Gasteiger partial charge on any atom is -0.482 e. The highest BCUT2D eigenvalue weighted by Gasteiger charge is 2.21. The van der Waals surface area contributed by atoms with E-state index in [4.69, 9.17) is 9.47 Å². The molecule has 3 rings (SSSR count). The van der Waals surface area contributed by atoms with Crippen molar-refractivity contribution in [1.29, 1.82) is 0 Å². The van der Waals surface area contributed by atoms with Gasteiger partial charge in [0.15, 0.2) is 18.5 Å². The van der Waals surface area contributed by atoms with Crippen molar-refractivity contribution >= 4 is 17.5 Å². The number of carbonyl (C=O) groups is 3. The maximum atomic E-state index is 12.5. The second-order valence-electron chi connectivity index (χ2n) is 6.70. The Kier molecular flexibility index (Phi) is 5.69. The molecule has 1 atom stereocenters. The van der Waals surface area contributed by atoms with Crippen LogP contribution in [0.5, 0.6) is 5.75 Å². The SMILES string of the molecule is CC(=O)c1ccc(OCC(=O)O[C@H](C)C(=O)c2ccc3c(c2)CCC3)cc1. The lowest BCUT2D eigenvalue weighted by atomic mass is 10.0. The first kappa shape index (κ1) is 18.8. The van der Waals surface area contributed by atoms with Gasteiger partial charge in [0.25, 0.3) is 0 Å². The van der Waals surface area contributed by atoms with E-state index >= 15 is 0 Å². The predicted octanol–water partition coefficient (Wildman–Crippen LogP) is 3.57. The molecular formula is C22H22O5. The lowest BCUT2D eigenvalue weighted by Crippen LogP contribution is -2.27. The predicted molar refractivity (Wildman–Crippen MR) is 100 cm³/mol. The van der Waals surface area contributed by atoms with Crippen LogP contribution in [0.25, 0.3) is 0 Å². The number of carbonyl (C=O) groups excluding carboxylic acids is 3. The van der Waals surface area contributed by atoms with Crippen LogP contribution in [0.3, 0.4) is 0 Å². The van der Waals surface area contributed by atoms with Gasteiger partial charge in [-0.2, -0.15) is 0 Å². The van der Waals surface area contributed by atoms with Crippen molar-refractivity contribution < 1.29 is 23.9 Å². The van der Waals surface area contributed by atoms with Gasteiger partial charge in [0, 0.05) is 11.1 Å². The normalized spacial score (nSPS) is 13.6. The van der Waals surface area contributed by atoms with Gasteiger partial charge in [0.1, 0.15) is 5.75 Å². The van der Waals surface area contributed by atoms with Crippen molar-refractivity contribution in [2.75, 3.05) is 6.61 Å². The number of esters is 1. The fraction of sp³-hybridized carbons (Fsp3) is 0.318. The van der Waals surface area contributed by atoms with Gasteiger partial charge in [-0.3, -0.25) is 9.59 Å². The largest absolute Gasteiger partial charge is 0.482 e. The van der Waals surface area contributed by atoms with Gasteiger partial charge < -0.3 is 9.47 Å². The molecule has 0 aromatic heterocycles. The Labute approximate surface area is 158 Å². The Morgan fingerprint density at radius 2 is 1.63 bits per heavy atom. The van der Waals surface area contributed by atoms with Crippen molar-refractivity contribution in [3.05, 3.63) is 64.7 Å². The first-order valence-electron chi connectivity index (χ1n) is 9.03. The van der Waals surface area contributed by atoms with Crippen molar-refractivity contribution in [3.8, 4) is 5.75 Å². The summed E-state index contributed by atoms with van der Waals surface area (Å²) in [6, 6.07) is 12.2. The molecular weight excluding hydrogens is 344 g/mol. The molecule has 0 radical (unpaired) electrons. The summed E-state index contributed by atoms with van der Waals surface area (Å²) in [6.45, 7) is 2.74. The monoisotopic (exact) mass is 366 g/mol. The summed E-state index contributed by atoms with van der Waals surface area (Å²) in [5.41, 5.74) is 3.63. The smallest absolute Gasteiger partial charge is 0.344 e. The third kappa shape index (κ3) is 4.61. The van der Waals surface area contributed by atoms with E-state index < -0.39 is 12.1 Å². The minimum atomic E-state index is -0.874. The van der Waals surface area contributed by atoms with Crippen molar-refractivity contribution in [3.63, 3.8) is 0 Å².